The standard InChI is InChI=1S/C18H22FN3O2.HI/c1-12(2)24-16-9-7-15(8-10-16)22-18(20)21-11-17(23)13-3-5-14(19)6-4-13;/h3-10,12,17,23H,11H2,1-2H3,(H3,20,21,22);1H. The first kappa shape index (κ1) is 21.2. The molecule has 25 heavy (non-hydrogen) atoms. The van der Waals surface area contributed by atoms with E-state index in [2.05, 4.69) is 10.3 Å². The molecule has 0 radical (unpaired) electrons. The molecule has 0 aliphatic rings. The van der Waals surface area contributed by atoms with E-state index in [1.165, 1.54) is 24.3 Å². The van der Waals surface area contributed by atoms with Gasteiger partial charge in [0.25, 0.3) is 0 Å². The molecule has 7 heteroatoms. The smallest absolute Gasteiger partial charge is 0.193 e. The number of rotatable bonds is 6. The van der Waals surface area contributed by atoms with Gasteiger partial charge < -0.3 is 20.9 Å². The van der Waals surface area contributed by atoms with Crippen molar-refractivity contribution >= 4 is 35.6 Å². The third-order valence-corrected chi connectivity index (χ3v) is 3.19. The molecular weight excluding hydrogens is 436 g/mol. The zero-order chi connectivity index (χ0) is 17.5. The van der Waals surface area contributed by atoms with Crippen LogP contribution in [0.15, 0.2) is 53.5 Å². The van der Waals surface area contributed by atoms with Gasteiger partial charge in [0.2, 0.25) is 0 Å². The lowest BCUT2D eigenvalue weighted by atomic mass is 10.1. The summed E-state index contributed by atoms with van der Waals surface area (Å²) < 4.78 is 18.4. The van der Waals surface area contributed by atoms with Crippen LogP contribution in [0.3, 0.4) is 0 Å². The number of halogens is 2. The number of ether oxygens (including phenoxy) is 1. The van der Waals surface area contributed by atoms with Gasteiger partial charge in [0.05, 0.1) is 18.8 Å². The van der Waals surface area contributed by atoms with Gasteiger partial charge in [-0.25, -0.2) is 4.39 Å². The van der Waals surface area contributed by atoms with E-state index < -0.39 is 6.10 Å². The van der Waals surface area contributed by atoms with E-state index in [1.54, 1.807) is 0 Å². The van der Waals surface area contributed by atoms with E-state index in [9.17, 15) is 9.50 Å². The molecule has 5 nitrogen and oxygen atoms in total. The number of aliphatic hydroxyl groups excluding tert-OH is 1. The van der Waals surface area contributed by atoms with Crippen LogP contribution in [0.5, 0.6) is 5.75 Å². The van der Waals surface area contributed by atoms with Crippen molar-refractivity contribution in [1.29, 1.82) is 0 Å². The van der Waals surface area contributed by atoms with Crippen molar-refractivity contribution in [2.45, 2.75) is 26.1 Å². The van der Waals surface area contributed by atoms with Gasteiger partial charge in [0.15, 0.2) is 5.96 Å². The minimum Gasteiger partial charge on any atom is -0.491 e. The molecule has 2 aromatic carbocycles. The van der Waals surface area contributed by atoms with Crippen LogP contribution in [0.1, 0.15) is 25.5 Å². The Morgan fingerprint density at radius 3 is 2.32 bits per heavy atom. The van der Waals surface area contributed by atoms with Crippen LogP contribution in [0, 0.1) is 5.82 Å². The molecule has 0 spiro atoms. The summed E-state index contributed by atoms with van der Waals surface area (Å²) >= 11 is 0. The zero-order valence-corrected chi connectivity index (χ0v) is 16.5. The number of guanidine groups is 1. The average molecular weight is 459 g/mol. The highest BCUT2D eigenvalue weighted by molar-refractivity contribution is 14.0. The highest BCUT2D eigenvalue weighted by Gasteiger charge is 2.07. The Kier molecular flexibility index (Phi) is 8.64. The number of nitrogens with two attached hydrogens (primary N) is 1. The Balaban J connectivity index is 0.00000312. The van der Waals surface area contributed by atoms with Gasteiger partial charge in [-0.1, -0.05) is 12.1 Å². The fraction of sp³-hybridized carbons (Fsp3) is 0.278. The van der Waals surface area contributed by atoms with Crippen LogP contribution in [0.4, 0.5) is 10.1 Å². The van der Waals surface area contributed by atoms with Crippen molar-refractivity contribution < 1.29 is 14.2 Å². The highest BCUT2D eigenvalue weighted by Crippen LogP contribution is 2.17. The lowest BCUT2D eigenvalue weighted by Gasteiger charge is -2.12. The summed E-state index contributed by atoms with van der Waals surface area (Å²) in [6.07, 6.45) is -0.726. The van der Waals surface area contributed by atoms with Crippen LogP contribution >= 0.6 is 24.0 Å². The van der Waals surface area contributed by atoms with Crippen LogP contribution < -0.4 is 15.8 Å². The minimum absolute atomic E-state index is 0. The molecule has 2 rings (SSSR count). The monoisotopic (exact) mass is 459 g/mol. The normalized spacial score (nSPS) is 12.4. The molecule has 0 aromatic heterocycles. The minimum atomic E-state index is -0.840. The van der Waals surface area contributed by atoms with Gasteiger partial charge in [-0.15, -0.1) is 24.0 Å². The van der Waals surface area contributed by atoms with Crippen LogP contribution in [-0.4, -0.2) is 23.7 Å². The van der Waals surface area contributed by atoms with Crippen molar-refractivity contribution in [1.82, 2.24) is 0 Å². The lowest BCUT2D eigenvalue weighted by Crippen LogP contribution is -2.23. The third kappa shape index (κ3) is 7.27. The van der Waals surface area contributed by atoms with Gasteiger partial charge in [-0.05, 0) is 55.8 Å². The fourth-order valence-electron chi connectivity index (χ4n) is 2.05. The first-order chi connectivity index (χ1) is 11.4. The maximum absolute atomic E-state index is 12.9. The molecule has 0 saturated carbocycles. The molecule has 2 aromatic rings. The van der Waals surface area contributed by atoms with Gasteiger partial charge in [0, 0.05) is 5.69 Å². The Hall–Kier alpha value is -1.87. The number of aliphatic imine (C=N–C) groups is 1. The first-order valence-electron chi connectivity index (χ1n) is 7.71. The Morgan fingerprint density at radius 1 is 1.16 bits per heavy atom. The van der Waals surface area contributed by atoms with Gasteiger partial charge in [0.1, 0.15) is 11.6 Å². The Labute approximate surface area is 164 Å². The molecule has 0 bridgehead atoms. The van der Waals surface area contributed by atoms with E-state index in [4.69, 9.17) is 10.5 Å². The number of nitrogens with zero attached hydrogens (tertiary/aromatic N) is 1. The molecule has 4 N–H and O–H groups in total. The molecule has 0 amide bonds. The topological polar surface area (TPSA) is 79.9 Å². The third-order valence-electron chi connectivity index (χ3n) is 3.19. The summed E-state index contributed by atoms with van der Waals surface area (Å²) in [5.74, 6) is 0.618. The summed E-state index contributed by atoms with van der Waals surface area (Å²) in [5, 5.41) is 13.0. The quantitative estimate of drug-likeness (QED) is 0.350. The Bertz CT molecular complexity index is 676. The highest BCUT2D eigenvalue weighted by atomic mass is 127. The van der Waals surface area contributed by atoms with Crippen LogP contribution in [0.25, 0.3) is 0 Å². The lowest BCUT2D eigenvalue weighted by molar-refractivity contribution is 0.187. The molecule has 1 atom stereocenters. The van der Waals surface area contributed by atoms with Crippen molar-refractivity contribution in [3.8, 4) is 5.75 Å². The molecule has 0 heterocycles. The predicted octanol–water partition coefficient (Wildman–Crippen LogP) is 3.69. The van der Waals surface area contributed by atoms with E-state index in [-0.39, 0.29) is 48.4 Å². The van der Waals surface area contributed by atoms with Crippen molar-refractivity contribution in [2.24, 2.45) is 10.7 Å². The van der Waals surface area contributed by atoms with Crippen molar-refractivity contribution in [3.05, 3.63) is 59.9 Å². The molecular formula is C18H23FIN3O2. The molecule has 1 unspecified atom stereocenters. The van der Waals surface area contributed by atoms with E-state index in [0.717, 1.165) is 11.4 Å². The fourth-order valence-corrected chi connectivity index (χ4v) is 2.05. The zero-order valence-electron chi connectivity index (χ0n) is 14.1. The first-order valence-corrected chi connectivity index (χ1v) is 7.71. The second-order valence-corrected chi connectivity index (χ2v) is 5.61. The molecule has 136 valence electrons. The number of hydrogen-bond acceptors (Lipinski definition) is 3. The molecule has 0 aliphatic heterocycles. The second-order valence-electron chi connectivity index (χ2n) is 5.61. The maximum Gasteiger partial charge on any atom is 0.193 e. The van der Waals surface area contributed by atoms with E-state index >= 15 is 0 Å². The summed E-state index contributed by atoms with van der Waals surface area (Å²) in [4.78, 5) is 4.10. The summed E-state index contributed by atoms with van der Waals surface area (Å²) in [6.45, 7) is 4.01. The Morgan fingerprint density at radius 2 is 1.76 bits per heavy atom. The largest absolute Gasteiger partial charge is 0.491 e. The van der Waals surface area contributed by atoms with Gasteiger partial charge in [-0.2, -0.15) is 0 Å². The van der Waals surface area contributed by atoms with Crippen molar-refractivity contribution in [2.75, 3.05) is 11.9 Å². The van der Waals surface area contributed by atoms with Crippen LogP contribution in [0.2, 0.25) is 0 Å². The molecule has 0 saturated heterocycles. The number of aliphatic hydroxyl groups is 1. The average Bonchev–Trinajstić information content (AvgIpc) is 2.54. The SMILES string of the molecule is CC(C)Oc1ccc(NC(N)=NCC(O)c2ccc(F)cc2)cc1.I. The summed E-state index contributed by atoms with van der Waals surface area (Å²) in [6, 6.07) is 13.0. The van der Waals surface area contributed by atoms with E-state index in [1.807, 2.05) is 38.1 Å². The predicted molar refractivity (Wildman–Crippen MR) is 109 cm³/mol. The van der Waals surface area contributed by atoms with Gasteiger partial charge in [-0.3, -0.25) is 4.99 Å². The number of anilines is 1. The number of nitrogens with one attached hydrogen (secondary N) is 1. The molecule has 0 fully saturated rings. The number of hydrogen-bond donors (Lipinski definition) is 3. The molecule has 0 aliphatic carbocycles. The van der Waals surface area contributed by atoms with Crippen LogP contribution in [-0.2, 0) is 0 Å². The van der Waals surface area contributed by atoms with Crippen molar-refractivity contribution in [3.63, 3.8) is 0 Å². The number of benzene rings is 2. The summed E-state index contributed by atoms with van der Waals surface area (Å²) in [7, 11) is 0. The van der Waals surface area contributed by atoms with Gasteiger partial charge >= 0.3 is 0 Å². The summed E-state index contributed by atoms with van der Waals surface area (Å²) in [5.41, 5.74) is 7.17. The van der Waals surface area contributed by atoms with E-state index in [0.29, 0.717) is 5.56 Å². The maximum atomic E-state index is 12.9. The second kappa shape index (κ2) is 10.2.